The van der Waals surface area contributed by atoms with E-state index in [0.29, 0.717) is 0 Å². The van der Waals surface area contributed by atoms with Crippen LogP contribution in [0.25, 0.3) is 0 Å². The number of thiazole rings is 1. The van der Waals surface area contributed by atoms with Gasteiger partial charge in [-0.15, -0.1) is 11.3 Å². The summed E-state index contributed by atoms with van der Waals surface area (Å²) in [5, 5.41) is 6.03. The summed E-state index contributed by atoms with van der Waals surface area (Å²) in [4.78, 5) is 4.29. The van der Waals surface area contributed by atoms with Crippen LogP contribution in [0.15, 0.2) is 64.6 Å². The van der Waals surface area contributed by atoms with Crippen molar-refractivity contribution in [2.75, 3.05) is 5.32 Å². The molecule has 1 N–H and O–H groups in total. The Morgan fingerprint density at radius 1 is 0.950 bits per heavy atom. The summed E-state index contributed by atoms with van der Waals surface area (Å²) < 4.78 is 6.58. The standard InChI is InChI=1S/C15H11BrN2OS/c16-14-10-20-15(18-14)17-11-6-8-13(9-7-11)19-12-4-2-1-3-5-12/h1-10H,(H,17,18). The molecule has 20 heavy (non-hydrogen) atoms. The highest BCUT2D eigenvalue weighted by Gasteiger charge is 2.01. The first-order chi connectivity index (χ1) is 9.79. The highest BCUT2D eigenvalue weighted by molar-refractivity contribution is 9.10. The lowest BCUT2D eigenvalue weighted by Crippen LogP contribution is -1.89. The number of hydrogen-bond donors (Lipinski definition) is 1. The fourth-order valence-electron chi connectivity index (χ4n) is 1.67. The van der Waals surface area contributed by atoms with E-state index in [2.05, 4.69) is 26.2 Å². The summed E-state index contributed by atoms with van der Waals surface area (Å²) in [6.45, 7) is 0. The van der Waals surface area contributed by atoms with Gasteiger partial charge >= 0.3 is 0 Å². The summed E-state index contributed by atoms with van der Waals surface area (Å²) in [6.07, 6.45) is 0. The smallest absolute Gasteiger partial charge is 0.188 e. The molecule has 100 valence electrons. The first-order valence-corrected chi connectivity index (χ1v) is 7.68. The van der Waals surface area contributed by atoms with E-state index >= 15 is 0 Å². The monoisotopic (exact) mass is 346 g/mol. The average Bonchev–Trinajstić information content (AvgIpc) is 2.88. The lowest BCUT2D eigenvalue weighted by Gasteiger charge is -2.07. The largest absolute Gasteiger partial charge is 0.457 e. The van der Waals surface area contributed by atoms with Gasteiger partial charge in [-0.1, -0.05) is 18.2 Å². The van der Waals surface area contributed by atoms with Crippen LogP contribution in [-0.2, 0) is 0 Å². The molecular weight excluding hydrogens is 336 g/mol. The highest BCUT2D eigenvalue weighted by Crippen LogP contribution is 2.26. The number of para-hydroxylation sites is 1. The second kappa shape index (κ2) is 6.07. The fraction of sp³-hybridized carbons (Fsp3) is 0. The van der Waals surface area contributed by atoms with Gasteiger partial charge in [0.15, 0.2) is 5.13 Å². The van der Waals surface area contributed by atoms with E-state index < -0.39 is 0 Å². The van der Waals surface area contributed by atoms with Gasteiger partial charge in [-0.05, 0) is 52.3 Å². The molecule has 0 aliphatic rings. The summed E-state index contributed by atoms with van der Waals surface area (Å²) >= 11 is 4.88. The van der Waals surface area contributed by atoms with Crippen molar-refractivity contribution in [1.29, 1.82) is 0 Å². The van der Waals surface area contributed by atoms with Gasteiger partial charge in [0, 0.05) is 11.1 Å². The molecule has 0 amide bonds. The van der Waals surface area contributed by atoms with E-state index in [-0.39, 0.29) is 0 Å². The van der Waals surface area contributed by atoms with E-state index in [9.17, 15) is 0 Å². The molecule has 3 rings (SSSR count). The van der Waals surface area contributed by atoms with Crippen LogP contribution >= 0.6 is 27.3 Å². The Balaban J connectivity index is 1.68. The van der Waals surface area contributed by atoms with Crippen molar-refractivity contribution < 1.29 is 4.74 Å². The number of rotatable bonds is 4. The number of halogens is 1. The zero-order valence-electron chi connectivity index (χ0n) is 10.4. The van der Waals surface area contributed by atoms with Gasteiger partial charge < -0.3 is 10.1 Å². The Morgan fingerprint density at radius 3 is 2.30 bits per heavy atom. The van der Waals surface area contributed by atoms with Crippen molar-refractivity contribution in [1.82, 2.24) is 4.98 Å². The molecule has 3 nitrogen and oxygen atoms in total. The zero-order valence-corrected chi connectivity index (χ0v) is 12.8. The quantitative estimate of drug-likeness (QED) is 0.682. The van der Waals surface area contributed by atoms with Gasteiger partial charge in [0.2, 0.25) is 0 Å². The maximum atomic E-state index is 5.74. The highest BCUT2D eigenvalue weighted by atomic mass is 79.9. The van der Waals surface area contributed by atoms with Gasteiger partial charge in [-0.25, -0.2) is 4.98 Å². The van der Waals surface area contributed by atoms with Gasteiger partial charge in [0.05, 0.1) is 0 Å². The summed E-state index contributed by atoms with van der Waals surface area (Å²) in [5.74, 6) is 1.64. The van der Waals surface area contributed by atoms with Crippen molar-refractivity contribution >= 4 is 38.1 Å². The third-order valence-corrected chi connectivity index (χ3v) is 4.03. The number of aromatic nitrogens is 1. The first kappa shape index (κ1) is 13.1. The molecule has 1 aromatic heterocycles. The van der Waals surface area contributed by atoms with Crippen molar-refractivity contribution in [3.05, 3.63) is 64.6 Å². The van der Waals surface area contributed by atoms with Crippen LogP contribution in [0, 0.1) is 0 Å². The van der Waals surface area contributed by atoms with Crippen LogP contribution in [0.2, 0.25) is 0 Å². The SMILES string of the molecule is Brc1csc(Nc2ccc(Oc3ccccc3)cc2)n1. The molecule has 5 heteroatoms. The van der Waals surface area contributed by atoms with Crippen LogP contribution in [-0.4, -0.2) is 4.98 Å². The van der Waals surface area contributed by atoms with Gasteiger partial charge in [-0.2, -0.15) is 0 Å². The van der Waals surface area contributed by atoms with E-state index in [4.69, 9.17) is 4.74 Å². The van der Waals surface area contributed by atoms with Gasteiger partial charge in [-0.3, -0.25) is 0 Å². The average molecular weight is 347 g/mol. The predicted molar refractivity (Wildman–Crippen MR) is 86.1 cm³/mol. The second-order valence-electron chi connectivity index (χ2n) is 4.04. The van der Waals surface area contributed by atoms with Crippen molar-refractivity contribution in [3.63, 3.8) is 0 Å². The molecule has 0 saturated carbocycles. The normalized spacial score (nSPS) is 10.2. The van der Waals surface area contributed by atoms with Crippen LogP contribution in [0.1, 0.15) is 0 Å². The number of anilines is 2. The number of ether oxygens (including phenoxy) is 1. The molecule has 0 radical (unpaired) electrons. The Hall–Kier alpha value is -1.85. The van der Waals surface area contributed by atoms with Gasteiger partial charge in [0.1, 0.15) is 16.1 Å². The third-order valence-electron chi connectivity index (χ3n) is 2.56. The lowest BCUT2D eigenvalue weighted by molar-refractivity contribution is 0.483. The van der Waals surface area contributed by atoms with Crippen LogP contribution < -0.4 is 10.1 Å². The molecule has 0 aliphatic heterocycles. The second-order valence-corrected chi connectivity index (χ2v) is 5.71. The van der Waals surface area contributed by atoms with Crippen molar-refractivity contribution in [2.24, 2.45) is 0 Å². The first-order valence-electron chi connectivity index (χ1n) is 6.00. The van der Waals surface area contributed by atoms with Crippen molar-refractivity contribution in [2.45, 2.75) is 0 Å². The minimum Gasteiger partial charge on any atom is -0.457 e. The van der Waals surface area contributed by atoms with Crippen LogP contribution in [0.5, 0.6) is 11.5 Å². The third kappa shape index (κ3) is 3.37. The Labute approximate surface area is 129 Å². The summed E-state index contributed by atoms with van der Waals surface area (Å²) in [5.41, 5.74) is 0.979. The minimum atomic E-state index is 0.807. The van der Waals surface area contributed by atoms with Crippen molar-refractivity contribution in [3.8, 4) is 11.5 Å². The predicted octanol–water partition coefficient (Wildman–Crippen LogP) is 5.44. The minimum absolute atomic E-state index is 0.807. The molecule has 0 fully saturated rings. The Kier molecular flexibility index (Phi) is 3.99. The Bertz CT molecular complexity index is 683. The topological polar surface area (TPSA) is 34.1 Å². The number of benzene rings is 2. The lowest BCUT2D eigenvalue weighted by atomic mass is 10.3. The molecular formula is C15H11BrN2OS. The molecule has 0 saturated heterocycles. The maximum Gasteiger partial charge on any atom is 0.188 e. The summed E-state index contributed by atoms with van der Waals surface area (Å²) in [6, 6.07) is 17.5. The number of nitrogens with zero attached hydrogens (tertiary/aromatic N) is 1. The zero-order chi connectivity index (χ0) is 13.8. The molecule has 0 unspecified atom stereocenters. The van der Waals surface area contributed by atoms with Crippen LogP contribution in [0.3, 0.4) is 0 Å². The van der Waals surface area contributed by atoms with E-state index in [1.807, 2.05) is 60.0 Å². The van der Waals surface area contributed by atoms with E-state index in [1.165, 1.54) is 0 Å². The summed E-state index contributed by atoms with van der Waals surface area (Å²) in [7, 11) is 0. The molecule has 0 spiro atoms. The number of hydrogen-bond acceptors (Lipinski definition) is 4. The number of nitrogens with one attached hydrogen (secondary N) is 1. The van der Waals surface area contributed by atoms with Gasteiger partial charge in [0.25, 0.3) is 0 Å². The molecule has 0 atom stereocenters. The van der Waals surface area contributed by atoms with E-state index in [0.717, 1.165) is 26.9 Å². The molecule has 0 bridgehead atoms. The fourth-order valence-corrected chi connectivity index (χ4v) is 2.83. The Morgan fingerprint density at radius 2 is 1.65 bits per heavy atom. The molecule has 0 aliphatic carbocycles. The molecule has 3 aromatic rings. The molecule has 2 aromatic carbocycles. The molecule has 1 heterocycles. The van der Waals surface area contributed by atoms with E-state index in [1.54, 1.807) is 11.3 Å². The maximum absolute atomic E-state index is 5.74. The van der Waals surface area contributed by atoms with Crippen LogP contribution in [0.4, 0.5) is 10.8 Å².